The Balaban J connectivity index is 2.55. The molecule has 1 rings (SSSR count). The van der Waals surface area contributed by atoms with Crippen LogP contribution in [0.5, 0.6) is 0 Å². The van der Waals surface area contributed by atoms with Crippen LogP contribution >= 0.6 is 0 Å². The molecule has 0 atom stereocenters. The molecule has 3 nitrogen and oxygen atoms in total. The molecule has 0 N–H and O–H groups in total. The lowest BCUT2D eigenvalue weighted by atomic mass is 10.1. The fourth-order valence-corrected chi connectivity index (χ4v) is 0.802. The molecule has 1 aromatic rings. The minimum atomic E-state index is -0.676. The molecule has 0 aliphatic rings. The Morgan fingerprint density at radius 3 is 2.47 bits per heavy atom. The van der Waals surface area contributed by atoms with Gasteiger partial charge in [-0.25, -0.2) is 4.79 Å². The first kappa shape index (κ1) is 11.5. The quantitative estimate of drug-likeness (QED) is 0.431. The van der Waals surface area contributed by atoms with Crippen molar-refractivity contribution in [3.8, 4) is 0 Å². The molecular formula is C12H14O3. The van der Waals surface area contributed by atoms with Crippen molar-refractivity contribution in [2.75, 3.05) is 0 Å². The summed E-state index contributed by atoms with van der Waals surface area (Å²) < 4.78 is 0. The highest BCUT2D eigenvalue weighted by molar-refractivity contribution is 5.88. The van der Waals surface area contributed by atoms with Gasteiger partial charge in [0.15, 0.2) is 0 Å². The van der Waals surface area contributed by atoms with Crippen LogP contribution in [0.1, 0.15) is 24.2 Å². The summed E-state index contributed by atoms with van der Waals surface area (Å²) in [5.74, 6) is -0.509. The average molecular weight is 206 g/mol. The van der Waals surface area contributed by atoms with Gasteiger partial charge < -0.3 is 0 Å². The first-order chi connectivity index (χ1) is 7.05. The Morgan fingerprint density at radius 2 is 1.93 bits per heavy atom. The van der Waals surface area contributed by atoms with Gasteiger partial charge in [0.2, 0.25) is 0 Å². The summed E-state index contributed by atoms with van der Waals surface area (Å²) in [5.41, 5.74) is -0.220. The molecule has 0 bridgehead atoms. The van der Waals surface area contributed by atoms with E-state index in [0.717, 1.165) is 0 Å². The van der Waals surface area contributed by atoms with Gasteiger partial charge in [0.1, 0.15) is 5.60 Å². The highest BCUT2D eigenvalue weighted by Gasteiger charge is 2.18. The molecule has 0 fully saturated rings. The molecule has 0 heterocycles. The van der Waals surface area contributed by atoms with E-state index in [-0.39, 0.29) is 0 Å². The second-order valence-corrected chi connectivity index (χ2v) is 3.63. The number of carbonyl (C=O) groups excluding carboxylic acids is 1. The van der Waals surface area contributed by atoms with Gasteiger partial charge >= 0.3 is 5.97 Å². The summed E-state index contributed by atoms with van der Waals surface area (Å²) >= 11 is 0. The van der Waals surface area contributed by atoms with Crippen LogP contribution in [-0.4, -0.2) is 11.6 Å². The van der Waals surface area contributed by atoms with Crippen LogP contribution in [0.15, 0.2) is 43.0 Å². The lowest BCUT2D eigenvalue weighted by molar-refractivity contribution is -0.291. The number of hydrogen-bond acceptors (Lipinski definition) is 3. The predicted octanol–water partition coefficient (Wildman–Crippen LogP) is 2.74. The Hall–Kier alpha value is -1.61. The Kier molecular flexibility index (Phi) is 3.63. The van der Waals surface area contributed by atoms with E-state index >= 15 is 0 Å². The van der Waals surface area contributed by atoms with Crippen molar-refractivity contribution in [2.45, 2.75) is 19.4 Å². The summed E-state index contributed by atoms with van der Waals surface area (Å²) in [6.45, 7) is 7.06. The van der Waals surface area contributed by atoms with Crippen molar-refractivity contribution in [2.24, 2.45) is 0 Å². The molecule has 15 heavy (non-hydrogen) atoms. The normalized spacial score (nSPS) is 10.8. The van der Waals surface area contributed by atoms with E-state index in [0.29, 0.717) is 5.56 Å². The van der Waals surface area contributed by atoms with Gasteiger partial charge in [0, 0.05) is 0 Å². The van der Waals surface area contributed by atoms with E-state index in [2.05, 4.69) is 11.5 Å². The molecule has 0 radical (unpaired) electrons. The number of rotatable bonds is 4. The van der Waals surface area contributed by atoms with Gasteiger partial charge in [0.05, 0.1) is 5.56 Å². The minimum absolute atomic E-state index is 0.456. The molecule has 0 aliphatic heterocycles. The zero-order valence-electron chi connectivity index (χ0n) is 8.90. The van der Waals surface area contributed by atoms with Crippen molar-refractivity contribution >= 4 is 5.97 Å². The predicted molar refractivity (Wildman–Crippen MR) is 57.2 cm³/mol. The average Bonchev–Trinajstić information content (AvgIpc) is 2.27. The van der Waals surface area contributed by atoms with Crippen molar-refractivity contribution in [1.29, 1.82) is 0 Å². The van der Waals surface area contributed by atoms with Crippen molar-refractivity contribution in [3.05, 3.63) is 48.6 Å². The Labute approximate surface area is 89.2 Å². The summed E-state index contributed by atoms with van der Waals surface area (Å²) in [7, 11) is 0. The van der Waals surface area contributed by atoms with Gasteiger partial charge in [-0.2, -0.15) is 4.89 Å². The van der Waals surface area contributed by atoms with Gasteiger partial charge in [-0.05, 0) is 26.0 Å². The minimum Gasteiger partial charge on any atom is -0.292 e. The number of benzene rings is 1. The molecule has 80 valence electrons. The van der Waals surface area contributed by atoms with Crippen LogP contribution in [-0.2, 0) is 9.78 Å². The van der Waals surface area contributed by atoms with Crippen LogP contribution in [0.4, 0.5) is 0 Å². The van der Waals surface area contributed by atoms with E-state index < -0.39 is 11.6 Å². The van der Waals surface area contributed by atoms with Gasteiger partial charge in [0.25, 0.3) is 0 Å². The molecule has 0 amide bonds. The van der Waals surface area contributed by atoms with Crippen LogP contribution in [0.2, 0.25) is 0 Å². The van der Waals surface area contributed by atoms with Crippen LogP contribution < -0.4 is 0 Å². The molecule has 0 saturated heterocycles. The lowest BCUT2D eigenvalue weighted by Gasteiger charge is -2.17. The smallest absolute Gasteiger partial charge is 0.292 e. The Morgan fingerprint density at radius 1 is 1.33 bits per heavy atom. The summed E-state index contributed by atoms with van der Waals surface area (Å²) in [5, 5.41) is 0. The molecule has 0 aliphatic carbocycles. The molecule has 0 aromatic heterocycles. The standard InChI is InChI=1S/C12H14O3/c1-4-12(2,3)15-14-11(13)10-8-6-5-7-9-10/h4-9H,1H2,2-3H3. The maximum Gasteiger partial charge on any atom is 0.373 e. The van der Waals surface area contributed by atoms with Crippen molar-refractivity contribution in [3.63, 3.8) is 0 Å². The van der Waals surface area contributed by atoms with Crippen molar-refractivity contribution in [1.82, 2.24) is 0 Å². The number of carbonyl (C=O) groups is 1. The van der Waals surface area contributed by atoms with Crippen molar-refractivity contribution < 1.29 is 14.6 Å². The van der Waals surface area contributed by atoms with E-state index in [9.17, 15) is 4.79 Å². The van der Waals surface area contributed by atoms with E-state index in [1.807, 2.05) is 6.07 Å². The molecule has 0 spiro atoms. The second kappa shape index (κ2) is 4.75. The Bertz CT molecular complexity index is 341. The molecule has 1 aromatic carbocycles. The van der Waals surface area contributed by atoms with Crippen LogP contribution in [0.25, 0.3) is 0 Å². The largest absolute Gasteiger partial charge is 0.373 e. The maximum absolute atomic E-state index is 11.4. The maximum atomic E-state index is 11.4. The van der Waals surface area contributed by atoms with Gasteiger partial charge in [-0.3, -0.25) is 4.89 Å². The fourth-order valence-electron chi connectivity index (χ4n) is 0.802. The SMILES string of the molecule is C=CC(C)(C)OOC(=O)c1ccccc1. The summed E-state index contributed by atoms with van der Waals surface area (Å²) in [4.78, 5) is 21.0. The first-order valence-corrected chi connectivity index (χ1v) is 4.64. The second-order valence-electron chi connectivity index (χ2n) is 3.63. The topological polar surface area (TPSA) is 35.5 Å². The zero-order valence-corrected chi connectivity index (χ0v) is 8.90. The fraction of sp³-hybridized carbons (Fsp3) is 0.250. The number of hydrogen-bond donors (Lipinski definition) is 0. The third kappa shape index (κ3) is 3.56. The van der Waals surface area contributed by atoms with Gasteiger partial charge in [-0.1, -0.05) is 24.3 Å². The monoisotopic (exact) mass is 206 g/mol. The molecule has 0 saturated carbocycles. The van der Waals surface area contributed by atoms with E-state index in [1.165, 1.54) is 0 Å². The van der Waals surface area contributed by atoms with E-state index in [1.54, 1.807) is 44.2 Å². The summed E-state index contributed by atoms with van der Waals surface area (Å²) in [6.07, 6.45) is 1.56. The third-order valence-corrected chi connectivity index (χ3v) is 1.83. The zero-order chi connectivity index (χ0) is 11.3. The molecular weight excluding hydrogens is 192 g/mol. The van der Waals surface area contributed by atoms with Crippen LogP contribution in [0, 0.1) is 0 Å². The van der Waals surface area contributed by atoms with E-state index in [4.69, 9.17) is 4.89 Å². The molecule has 0 unspecified atom stereocenters. The third-order valence-electron chi connectivity index (χ3n) is 1.83. The highest BCUT2D eigenvalue weighted by atomic mass is 17.2. The lowest BCUT2D eigenvalue weighted by Crippen LogP contribution is -2.23. The molecule has 3 heteroatoms. The summed E-state index contributed by atoms with van der Waals surface area (Å²) in [6, 6.07) is 8.66. The van der Waals surface area contributed by atoms with Gasteiger partial charge in [-0.15, -0.1) is 6.58 Å². The first-order valence-electron chi connectivity index (χ1n) is 4.64. The van der Waals surface area contributed by atoms with Crippen LogP contribution in [0.3, 0.4) is 0 Å². The highest BCUT2D eigenvalue weighted by Crippen LogP contribution is 2.12.